The summed E-state index contributed by atoms with van der Waals surface area (Å²) in [5, 5.41) is 4.47. The molecule has 1 unspecified atom stereocenters. The summed E-state index contributed by atoms with van der Waals surface area (Å²) in [6.07, 6.45) is 0. The Hall–Kier alpha value is -2.14. The van der Waals surface area contributed by atoms with E-state index >= 15 is 0 Å². The van der Waals surface area contributed by atoms with E-state index in [-0.39, 0.29) is 0 Å². The highest BCUT2D eigenvalue weighted by Crippen LogP contribution is 2.21. The average Bonchev–Trinajstić information content (AvgIpc) is 2.73. The van der Waals surface area contributed by atoms with Gasteiger partial charge in [-0.1, -0.05) is 30.3 Å². The predicted molar refractivity (Wildman–Crippen MR) is 76.2 cm³/mol. The number of carbonyl (C=O) groups is 1. The summed E-state index contributed by atoms with van der Waals surface area (Å²) in [6, 6.07) is 9.24. The molecule has 0 amide bonds. The van der Waals surface area contributed by atoms with Gasteiger partial charge in [-0.2, -0.15) is 5.10 Å². The minimum Gasteiger partial charge on any atom is -0.468 e. The molecule has 106 valence electrons. The van der Waals surface area contributed by atoms with Gasteiger partial charge in [0.05, 0.1) is 19.3 Å². The Morgan fingerprint density at radius 1 is 1.35 bits per heavy atom. The van der Waals surface area contributed by atoms with Crippen LogP contribution in [0, 0.1) is 13.8 Å². The number of methoxy groups -OCH3 is 1. The Bertz CT molecular complexity index is 605. The molecule has 2 aromatic rings. The van der Waals surface area contributed by atoms with Crippen molar-refractivity contribution >= 4 is 5.97 Å². The van der Waals surface area contributed by atoms with Crippen LogP contribution in [0.2, 0.25) is 0 Å². The second-order valence-electron chi connectivity index (χ2n) is 4.73. The third-order valence-electron chi connectivity index (χ3n) is 3.38. The van der Waals surface area contributed by atoms with Crippen molar-refractivity contribution in [1.29, 1.82) is 0 Å². The number of nitrogens with two attached hydrogens (primary N) is 1. The molecule has 0 radical (unpaired) electrons. The molecule has 0 bridgehead atoms. The van der Waals surface area contributed by atoms with Crippen molar-refractivity contribution in [2.75, 3.05) is 7.11 Å². The van der Waals surface area contributed by atoms with Crippen LogP contribution in [-0.2, 0) is 16.1 Å². The fourth-order valence-corrected chi connectivity index (χ4v) is 2.32. The van der Waals surface area contributed by atoms with Gasteiger partial charge in [-0.25, -0.2) is 0 Å². The summed E-state index contributed by atoms with van der Waals surface area (Å²) in [5.74, 6) is -0.449. The Labute approximate surface area is 118 Å². The van der Waals surface area contributed by atoms with Crippen molar-refractivity contribution in [3.8, 4) is 0 Å². The van der Waals surface area contributed by atoms with Gasteiger partial charge in [-0.3, -0.25) is 9.48 Å². The van der Waals surface area contributed by atoms with Crippen LogP contribution in [0.25, 0.3) is 0 Å². The number of hydrogen-bond acceptors (Lipinski definition) is 4. The number of nitrogens with zero attached hydrogens (tertiary/aromatic N) is 2. The molecule has 1 heterocycles. The largest absolute Gasteiger partial charge is 0.468 e. The number of ether oxygens (including phenoxy) is 1. The zero-order chi connectivity index (χ0) is 14.7. The number of benzene rings is 1. The second kappa shape index (κ2) is 5.88. The van der Waals surface area contributed by atoms with E-state index in [0.717, 1.165) is 22.5 Å². The van der Waals surface area contributed by atoms with Crippen molar-refractivity contribution in [2.45, 2.75) is 26.4 Å². The van der Waals surface area contributed by atoms with Crippen LogP contribution in [0.1, 0.15) is 28.6 Å². The first-order valence-corrected chi connectivity index (χ1v) is 6.45. The van der Waals surface area contributed by atoms with Crippen molar-refractivity contribution < 1.29 is 9.53 Å². The van der Waals surface area contributed by atoms with Gasteiger partial charge in [0.25, 0.3) is 0 Å². The van der Waals surface area contributed by atoms with Gasteiger partial charge in [0.2, 0.25) is 0 Å². The first kappa shape index (κ1) is 14.3. The van der Waals surface area contributed by atoms with Gasteiger partial charge in [0, 0.05) is 11.3 Å². The van der Waals surface area contributed by atoms with Crippen LogP contribution >= 0.6 is 0 Å². The van der Waals surface area contributed by atoms with Crippen molar-refractivity contribution in [2.24, 2.45) is 5.73 Å². The lowest BCUT2D eigenvalue weighted by Gasteiger charge is -2.10. The van der Waals surface area contributed by atoms with E-state index in [1.165, 1.54) is 7.11 Å². The van der Waals surface area contributed by atoms with Gasteiger partial charge in [-0.15, -0.1) is 0 Å². The molecule has 1 aromatic heterocycles. The average molecular weight is 273 g/mol. The molecule has 1 atom stereocenters. The Morgan fingerprint density at radius 2 is 2.00 bits per heavy atom. The third kappa shape index (κ3) is 2.72. The first-order valence-electron chi connectivity index (χ1n) is 6.45. The van der Waals surface area contributed by atoms with E-state index in [4.69, 9.17) is 10.5 Å². The molecule has 5 nitrogen and oxygen atoms in total. The number of hydrogen-bond donors (Lipinski definition) is 1. The second-order valence-corrected chi connectivity index (χ2v) is 4.73. The fourth-order valence-electron chi connectivity index (χ4n) is 2.32. The van der Waals surface area contributed by atoms with Crippen LogP contribution in [0.3, 0.4) is 0 Å². The SMILES string of the molecule is COC(=O)C(N)c1c(C)nn(Cc2ccccc2)c1C. The van der Waals surface area contributed by atoms with Crippen LogP contribution in [-0.4, -0.2) is 22.9 Å². The van der Waals surface area contributed by atoms with Gasteiger partial charge in [0.15, 0.2) is 0 Å². The molecule has 0 spiro atoms. The van der Waals surface area contributed by atoms with Crippen LogP contribution < -0.4 is 5.73 Å². The van der Waals surface area contributed by atoms with Crippen molar-refractivity contribution in [1.82, 2.24) is 9.78 Å². The Balaban J connectivity index is 2.32. The molecule has 0 aliphatic heterocycles. The highest BCUT2D eigenvalue weighted by atomic mass is 16.5. The molecule has 2 rings (SSSR count). The topological polar surface area (TPSA) is 70.1 Å². The smallest absolute Gasteiger partial charge is 0.327 e. The van der Waals surface area contributed by atoms with E-state index in [0.29, 0.717) is 6.54 Å². The normalized spacial score (nSPS) is 12.2. The fraction of sp³-hybridized carbons (Fsp3) is 0.333. The standard InChI is InChI=1S/C15H19N3O2/c1-10-13(14(16)15(19)20-3)11(2)18(17-10)9-12-7-5-4-6-8-12/h4-8,14H,9,16H2,1-3H3. The lowest BCUT2D eigenvalue weighted by Crippen LogP contribution is -2.23. The van der Waals surface area contributed by atoms with E-state index in [9.17, 15) is 4.79 Å². The quantitative estimate of drug-likeness (QED) is 0.861. The molecule has 5 heteroatoms. The maximum atomic E-state index is 11.6. The summed E-state index contributed by atoms with van der Waals surface area (Å²) in [4.78, 5) is 11.6. The molecule has 0 aliphatic rings. The lowest BCUT2D eigenvalue weighted by molar-refractivity contribution is -0.142. The summed E-state index contributed by atoms with van der Waals surface area (Å²) >= 11 is 0. The monoisotopic (exact) mass is 273 g/mol. The Kier molecular flexibility index (Phi) is 4.20. The molecule has 0 saturated heterocycles. The predicted octanol–water partition coefficient (Wildman–Crippen LogP) is 1.72. The van der Waals surface area contributed by atoms with Gasteiger partial charge < -0.3 is 10.5 Å². The van der Waals surface area contributed by atoms with Crippen molar-refractivity contribution in [3.63, 3.8) is 0 Å². The highest BCUT2D eigenvalue weighted by molar-refractivity contribution is 5.77. The van der Waals surface area contributed by atoms with Gasteiger partial charge in [0.1, 0.15) is 6.04 Å². The lowest BCUT2D eigenvalue weighted by atomic mass is 10.1. The Morgan fingerprint density at radius 3 is 2.60 bits per heavy atom. The van der Waals surface area contributed by atoms with Crippen LogP contribution in [0.15, 0.2) is 30.3 Å². The van der Waals surface area contributed by atoms with Crippen LogP contribution in [0.5, 0.6) is 0 Å². The van der Waals surface area contributed by atoms with Gasteiger partial charge in [-0.05, 0) is 19.4 Å². The molecular formula is C15H19N3O2. The number of aromatic nitrogens is 2. The molecule has 2 N–H and O–H groups in total. The third-order valence-corrected chi connectivity index (χ3v) is 3.38. The summed E-state index contributed by atoms with van der Waals surface area (Å²) in [5.41, 5.74) is 9.48. The van der Waals surface area contributed by atoms with Crippen LogP contribution in [0.4, 0.5) is 0 Å². The summed E-state index contributed by atoms with van der Waals surface area (Å²) < 4.78 is 6.57. The zero-order valence-electron chi connectivity index (χ0n) is 12.0. The minimum atomic E-state index is -0.787. The minimum absolute atomic E-state index is 0.449. The molecular weight excluding hydrogens is 254 g/mol. The maximum Gasteiger partial charge on any atom is 0.327 e. The number of aryl methyl sites for hydroxylation is 1. The van der Waals surface area contributed by atoms with Crippen molar-refractivity contribution in [3.05, 3.63) is 52.8 Å². The maximum absolute atomic E-state index is 11.6. The number of rotatable bonds is 4. The molecule has 20 heavy (non-hydrogen) atoms. The number of carbonyl (C=O) groups excluding carboxylic acids is 1. The van der Waals surface area contributed by atoms with E-state index in [2.05, 4.69) is 5.10 Å². The molecule has 0 fully saturated rings. The summed E-state index contributed by atoms with van der Waals surface area (Å²) in [6.45, 7) is 4.43. The van der Waals surface area contributed by atoms with Gasteiger partial charge >= 0.3 is 5.97 Å². The highest BCUT2D eigenvalue weighted by Gasteiger charge is 2.24. The molecule has 0 saturated carbocycles. The van der Waals surface area contributed by atoms with E-state index < -0.39 is 12.0 Å². The first-order chi connectivity index (χ1) is 9.54. The van der Waals surface area contributed by atoms with E-state index in [1.54, 1.807) is 0 Å². The molecule has 0 aliphatic carbocycles. The van der Waals surface area contributed by atoms with E-state index in [1.807, 2.05) is 48.9 Å². The number of esters is 1. The summed E-state index contributed by atoms with van der Waals surface area (Å²) in [7, 11) is 1.33. The zero-order valence-corrected chi connectivity index (χ0v) is 12.0. The molecule has 1 aromatic carbocycles.